The van der Waals surface area contributed by atoms with E-state index < -0.39 is 0 Å². The number of benzene rings is 1. The molecule has 0 saturated carbocycles. The van der Waals surface area contributed by atoms with Crippen molar-refractivity contribution in [1.82, 2.24) is 9.97 Å². The zero-order valence-corrected chi connectivity index (χ0v) is 13.2. The van der Waals surface area contributed by atoms with Gasteiger partial charge in [0.2, 0.25) is 0 Å². The van der Waals surface area contributed by atoms with Crippen LogP contribution in [0.1, 0.15) is 12.5 Å². The van der Waals surface area contributed by atoms with Gasteiger partial charge in [-0.3, -0.25) is 4.98 Å². The molecule has 1 aromatic carbocycles. The molecule has 0 saturated heterocycles. The molecule has 0 bridgehead atoms. The minimum Gasteiger partial charge on any atom is -0.494 e. The minimum absolute atomic E-state index is 0.211. The van der Waals surface area contributed by atoms with Gasteiger partial charge in [0.1, 0.15) is 23.2 Å². The summed E-state index contributed by atoms with van der Waals surface area (Å²) in [6.07, 6.45) is 3.42. The Balaban J connectivity index is 2.12. The van der Waals surface area contributed by atoms with Crippen molar-refractivity contribution in [1.29, 1.82) is 5.26 Å². The van der Waals surface area contributed by atoms with Crippen molar-refractivity contribution >= 4 is 5.82 Å². The zero-order valence-electron chi connectivity index (χ0n) is 13.2. The van der Waals surface area contributed by atoms with Crippen LogP contribution in [0.15, 0.2) is 54.9 Å². The van der Waals surface area contributed by atoms with Gasteiger partial charge in [0.25, 0.3) is 0 Å². The summed E-state index contributed by atoms with van der Waals surface area (Å²) < 4.78 is 5.46. The first kappa shape index (κ1) is 15.5. The second kappa shape index (κ2) is 6.80. The number of pyridine rings is 2. The molecule has 5 nitrogen and oxygen atoms in total. The fraction of sp³-hybridized carbons (Fsp3) is 0.105. The van der Waals surface area contributed by atoms with Crippen molar-refractivity contribution in [2.45, 2.75) is 6.92 Å². The molecule has 2 aromatic heterocycles. The number of anilines is 1. The lowest BCUT2D eigenvalue weighted by Crippen LogP contribution is -2.00. The van der Waals surface area contributed by atoms with E-state index in [1.54, 1.807) is 12.4 Å². The number of rotatable bonds is 4. The molecular formula is C19H16N4O. The molecule has 0 amide bonds. The Kier molecular flexibility index (Phi) is 4.39. The van der Waals surface area contributed by atoms with Gasteiger partial charge < -0.3 is 10.5 Å². The Morgan fingerprint density at radius 1 is 1.17 bits per heavy atom. The van der Waals surface area contributed by atoms with Crippen molar-refractivity contribution in [3.05, 3.63) is 60.4 Å². The van der Waals surface area contributed by atoms with E-state index in [-0.39, 0.29) is 5.82 Å². The van der Waals surface area contributed by atoms with Crippen molar-refractivity contribution in [2.75, 3.05) is 12.3 Å². The van der Waals surface area contributed by atoms with Crippen LogP contribution in [0.2, 0.25) is 0 Å². The predicted molar refractivity (Wildman–Crippen MR) is 93.2 cm³/mol. The highest BCUT2D eigenvalue weighted by Crippen LogP contribution is 2.31. The van der Waals surface area contributed by atoms with Gasteiger partial charge in [-0.15, -0.1) is 0 Å². The molecule has 118 valence electrons. The average molecular weight is 316 g/mol. The largest absolute Gasteiger partial charge is 0.494 e. The van der Waals surface area contributed by atoms with E-state index in [0.717, 1.165) is 22.4 Å². The Morgan fingerprint density at radius 3 is 2.58 bits per heavy atom. The Labute approximate surface area is 140 Å². The molecule has 0 unspecified atom stereocenters. The van der Waals surface area contributed by atoms with E-state index in [1.807, 2.05) is 49.4 Å². The van der Waals surface area contributed by atoms with Gasteiger partial charge >= 0.3 is 0 Å². The molecule has 24 heavy (non-hydrogen) atoms. The zero-order chi connectivity index (χ0) is 16.9. The third-order valence-corrected chi connectivity index (χ3v) is 3.59. The number of nitrogens with zero attached hydrogens (tertiary/aromatic N) is 3. The molecule has 5 heteroatoms. The summed E-state index contributed by atoms with van der Waals surface area (Å²) in [5.74, 6) is 0.997. The topological polar surface area (TPSA) is 84.8 Å². The normalized spacial score (nSPS) is 10.2. The van der Waals surface area contributed by atoms with Crippen LogP contribution in [0.4, 0.5) is 5.82 Å². The number of nitriles is 1. The molecule has 3 aromatic rings. The van der Waals surface area contributed by atoms with E-state index in [2.05, 4.69) is 16.0 Å². The number of hydrogen-bond acceptors (Lipinski definition) is 5. The number of ether oxygens (including phenoxy) is 1. The number of aromatic nitrogens is 2. The van der Waals surface area contributed by atoms with Crippen molar-refractivity contribution < 1.29 is 4.74 Å². The molecule has 3 rings (SSSR count). The van der Waals surface area contributed by atoms with Gasteiger partial charge in [0, 0.05) is 23.5 Å². The standard InChI is InChI=1S/C19H16N4O/c1-2-24-15-7-5-13(6-8-15)16-10-18(14-4-3-9-22-12-14)23-19(21)17(16)11-20/h3-10,12H,2H2,1H3,(H2,21,23). The van der Waals surface area contributed by atoms with Gasteiger partial charge in [0.05, 0.1) is 12.3 Å². The van der Waals surface area contributed by atoms with E-state index in [1.165, 1.54) is 0 Å². The highest BCUT2D eigenvalue weighted by Gasteiger charge is 2.13. The molecule has 0 fully saturated rings. The Hall–Kier alpha value is -3.39. The van der Waals surface area contributed by atoms with Crippen LogP contribution in [-0.2, 0) is 0 Å². The fourth-order valence-corrected chi connectivity index (χ4v) is 2.47. The first-order chi connectivity index (χ1) is 11.7. The highest BCUT2D eigenvalue weighted by atomic mass is 16.5. The molecule has 2 heterocycles. The van der Waals surface area contributed by atoms with Gasteiger partial charge in [-0.2, -0.15) is 5.26 Å². The van der Waals surface area contributed by atoms with Gasteiger partial charge in [0.15, 0.2) is 0 Å². The van der Waals surface area contributed by atoms with E-state index in [4.69, 9.17) is 10.5 Å². The number of nitrogens with two attached hydrogens (primary N) is 1. The summed E-state index contributed by atoms with van der Waals surface area (Å²) in [5.41, 5.74) is 9.53. The monoisotopic (exact) mass is 316 g/mol. The van der Waals surface area contributed by atoms with Crippen LogP contribution in [0.25, 0.3) is 22.4 Å². The van der Waals surface area contributed by atoms with E-state index in [9.17, 15) is 5.26 Å². The van der Waals surface area contributed by atoms with E-state index >= 15 is 0 Å². The van der Waals surface area contributed by atoms with Crippen LogP contribution < -0.4 is 10.5 Å². The number of hydrogen-bond donors (Lipinski definition) is 1. The third kappa shape index (κ3) is 3.03. The summed E-state index contributed by atoms with van der Waals surface area (Å²) >= 11 is 0. The van der Waals surface area contributed by atoms with Gasteiger partial charge in [-0.25, -0.2) is 4.98 Å². The second-order valence-corrected chi connectivity index (χ2v) is 5.13. The lowest BCUT2D eigenvalue weighted by Gasteiger charge is -2.11. The van der Waals surface area contributed by atoms with E-state index in [0.29, 0.717) is 17.9 Å². The Morgan fingerprint density at radius 2 is 1.96 bits per heavy atom. The van der Waals surface area contributed by atoms with Crippen LogP contribution in [0, 0.1) is 11.3 Å². The van der Waals surface area contributed by atoms with Gasteiger partial charge in [-0.1, -0.05) is 12.1 Å². The van der Waals surface area contributed by atoms with Crippen LogP contribution in [0.3, 0.4) is 0 Å². The maximum atomic E-state index is 9.45. The minimum atomic E-state index is 0.211. The summed E-state index contributed by atoms with van der Waals surface area (Å²) in [6, 6.07) is 15.3. The van der Waals surface area contributed by atoms with Gasteiger partial charge in [-0.05, 0) is 42.8 Å². The SMILES string of the molecule is CCOc1ccc(-c2cc(-c3cccnc3)nc(N)c2C#N)cc1. The first-order valence-electron chi connectivity index (χ1n) is 7.57. The van der Waals surface area contributed by atoms with Crippen LogP contribution in [-0.4, -0.2) is 16.6 Å². The fourth-order valence-electron chi connectivity index (χ4n) is 2.47. The third-order valence-electron chi connectivity index (χ3n) is 3.59. The smallest absolute Gasteiger partial charge is 0.142 e. The lowest BCUT2D eigenvalue weighted by molar-refractivity contribution is 0.340. The summed E-state index contributed by atoms with van der Waals surface area (Å²) in [4.78, 5) is 8.44. The molecule has 0 aliphatic heterocycles. The molecule has 0 aliphatic carbocycles. The Bertz CT molecular complexity index is 884. The molecule has 0 spiro atoms. The summed E-state index contributed by atoms with van der Waals surface area (Å²) in [7, 11) is 0. The second-order valence-electron chi connectivity index (χ2n) is 5.13. The molecule has 0 aliphatic rings. The van der Waals surface area contributed by atoms with Crippen LogP contribution >= 0.6 is 0 Å². The van der Waals surface area contributed by atoms with Crippen molar-refractivity contribution in [3.63, 3.8) is 0 Å². The summed E-state index contributed by atoms with van der Waals surface area (Å²) in [5, 5.41) is 9.45. The molecule has 2 N–H and O–H groups in total. The van der Waals surface area contributed by atoms with Crippen molar-refractivity contribution in [3.8, 4) is 34.2 Å². The van der Waals surface area contributed by atoms with Crippen molar-refractivity contribution in [2.24, 2.45) is 0 Å². The quantitative estimate of drug-likeness (QED) is 0.794. The maximum Gasteiger partial charge on any atom is 0.142 e. The predicted octanol–water partition coefficient (Wildman–Crippen LogP) is 3.66. The lowest BCUT2D eigenvalue weighted by atomic mass is 9.99. The number of nitrogen functional groups attached to an aromatic ring is 1. The maximum absolute atomic E-state index is 9.45. The molecule has 0 radical (unpaired) electrons. The summed E-state index contributed by atoms with van der Waals surface area (Å²) in [6.45, 7) is 2.54. The highest BCUT2D eigenvalue weighted by molar-refractivity contribution is 5.80. The first-order valence-corrected chi connectivity index (χ1v) is 7.57. The van der Waals surface area contributed by atoms with Crippen LogP contribution in [0.5, 0.6) is 5.75 Å². The molecular weight excluding hydrogens is 300 g/mol. The molecule has 0 atom stereocenters. The average Bonchev–Trinajstić information content (AvgIpc) is 2.63.